The van der Waals surface area contributed by atoms with E-state index in [2.05, 4.69) is 15.0 Å². The van der Waals surface area contributed by atoms with Crippen LogP contribution < -0.4 is 10.1 Å². The van der Waals surface area contributed by atoms with Crippen LogP contribution in [0.1, 0.15) is 45.5 Å². The van der Waals surface area contributed by atoms with Gasteiger partial charge in [0.15, 0.2) is 0 Å². The fourth-order valence-electron chi connectivity index (χ4n) is 4.54. The highest BCUT2D eigenvalue weighted by molar-refractivity contribution is 7.92. The maximum Gasteiger partial charge on any atom is 0.573 e. The number of aryl methyl sites for hydroxylation is 2. The molecule has 1 spiro atoms. The highest BCUT2D eigenvalue weighted by Gasteiger charge is 2.47. The van der Waals surface area contributed by atoms with Crippen LogP contribution in [0.15, 0.2) is 46.8 Å². The lowest BCUT2D eigenvalue weighted by Gasteiger charge is -2.34. The number of carbonyl (C=O) groups excluding carboxylic acids is 1. The molecule has 0 atom stereocenters. The van der Waals surface area contributed by atoms with E-state index in [1.54, 1.807) is 13.8 Å². The molecule has 2 aromatic rings. The molecule has 2 aliphatic rings. The number of aromatic carboxylic acids is 1. The summed E-state index contributed by atoms with van der Waals surface area (Å²) in [4.78, 5) is 28.5. The number of halogens is 3. The number of hydrogen-bond acceptors (Lipinski definition) is 6. The third kappa shape index (κ3) is 5.73. The number of benzene rings is 2. The van der Waals surface area contributed by atoms with Gasteiger partial charge in [-0.3, -0.25) is 9.79 Å². The molecule has 2 heterocycles. The van der Waals surface area contributed by atoms with Gasteiger partial charge >= 0.3 is 12.3 Å². The highest BCUT2D eigenvalue weighted by atomic mass is 32.2. The number of amidine groups is 1. The summed E-state index contributed by atoms with van der Waals surface area (Å²) in [6.07, 6.45) is -3.28. The third-order valence-electron chi connectivity index (χ3n) is 6.48. The zero-order valence-electron chi connectivity index (χ0n) is 20.4. The van der Waals surface area contributed by atoms with Crippen molar-refractivity contribution >= 4 is 33.8 Å². The van der Waals surface area contributed by atoms with Gasteiger partial charge in [-0.25, -0.2) is 13.2 Å². The number of alkyl halides is 3. The Labute approximate surface area is 216 Å². The average Bonchev–Trinajstić information content (AvgIpc) is 3.13. The lowest BCUT2D eigenvalue weighted by Crippen LogP contribution is -2.50. The summed E-state index contributed by atoms with van der Waals surface area (Å²) in [6.45, 7) is 3.39. The van der Waals surface area contributed by atoms with Gasteiger partial charge in [-0.05, 0) is 73.7 Å². The van der Waals surface area contributed by atoms with E-state index in [1.165, 1.54) is 34.6 Å². The molecule has 0 aliphatic carbocycles. The van der Waals surface area contributed by atoms with Crippen molar-refractivity contribution in [3.63, 3.8) is 0 Å². The summed E-state index contributed by atoms with van der Waals surface area (Å²) >= 11 is 0. The van der Waals surface area contributed by atoms with Crippen LogP contribution in [0, 0.1) is 13.8 Å². The minimum absolute atomic E-state index is 0.00398. The lowest BCUT2D eigenvalue weighted by atomic mass is 9.89. The van der Waals surface area contributed by atoms with Gasteiger partial charge in [0, 0.05) is 24.1 Å². The second kappa shape index (κ2) is 9.87. The van der Waals surface area contributed by atoms with Crippen molar-refractivity contribution in [2.24, 2.45) is 4.99 Å². The number of amides is 1. The smallest absolute Gasteiger partial charge is 0.478 e. The molecule has 2 N–H and O–H groups in total. The summed E-state index contributed by atoms with van der Waals surface area (Å²) in [5.41, 5.74) is 0.922. The minimum Gasteiger partial charge on any atom is -0.478 e. The van der Waals surface area contributed by atoms with E-state index >= 15 is 0 Å². The van der Waals surface area contributed by atoms with Gasteiger partial charge in [0.25, 0.3) is 5.91 Å². The van der Waals surface area contributed by atoms with E-state index in [9.17, 15) is 36.3 Å². The van der Waals surface area contributed by atoms with E-state index in [1.807, 2.05) is 0 Å². The quantitative estimate of drug-likeness (QED) is 0.565. The molecule has 4 rings (SSSR count). The van der Waals surface area contributed by atoms with Gasteiger partial charge in [-0.2, -0.15) is 4.31 Å². The molecule has 1 amide bonds. The van der Waals surface area contributed by atoms with Gasteiger partial charge in [-0.1, -0.05) is 12.1 Å². The second-order valence-electron chi connectivity index (χ2n) is 9.10. The third-order valence-corrected chi connectivity index (χ3v) is 8.04. The van der Waals surface area contributed by atoms with E-state index < -0.39 is 39.6 Å². The molecule has 202 valence electrons. The molecule has 2 aliphatic heterocycles. The number of nitrogens with zero attached hydrogens (tertiary/aromatic N) is 2. The van der Waals surface area contributed by atoms with Crippen LogP contribution in [0.25, 0.3) is 6.08 Å². The number of carboxylic acids is 1. The number of hydrogen-bond donors (Lipinski definition) is 2. The van der Waals surface area contributed by atoms with Crippen LogP contribution in [0.5, 0.6) is 5.75 Å². The maximum atomic E-state index is 13.0. The fourth-order valence-corrected chi connectivity index (χ4v) is 5.72. The van der Waals surface area contributed by atoms with Crippen LogP contribution >= 0.6 is 0 Å². The van der Waals surface area contributed by atoms with Gasteiger partial charge in [0.1, 0.15) is 17.1 Å². The lowest BCUT2D eigenvalue weighted by molar-refractivity contribution is -0.274. The zero-order valence-corrected chi connectivity index (χ0v) is 21.2. The van der Waals surface area contributed by atoms with E-state index in [0.717, 1.165) is 17.5 Å². The Morgan fingerprint density at radius 2 is 1.79 bits per heavy atom. The Morgan fingerprint density at radius 3 is 2.37 bits per heavy atom. The van der Waals surface area contributed by atoms with Crippen LogP contribution in [0.3, 0.4) is 0 Å². The molecule has 0 aromatic heterocycles. The van der Waals surface area contributed by atoms with Crippen LogP contribution in [-0.2, 0) is 14.8 Å². The zero-order chi connectivity index (χ0) is 27.9. The fraction of sp³-hybridized carbons (Fsp3) is 0.320. The molecule has 1 fully saturated rings. The highest BCUT2D eigenvalue weighted by Crippen LogP contribution is 2.33. The van der Waals surface area contributed by atoms with Gasteiger partial charge in [-0.15, -0.1) is 13.2 Å². The molecule has 0 bridgehead atoms. The van der Waals surface area contributed by atoms with Crippen LogP contribution in [-0.4, -0.2) is 60.5 Å². The Morgan fingerprint density at radius 1 is 1.16 bits per heavy atom. The number of nitrogens with one attached hydrogen (secondary N) is 1. The largest absolute Gasteiger partial charge is 0.573 e. The molecule has 0 saturated carbocycles. The van der Waals surface area contributed by atoms with E-state index in [0.29, 0.717) is 16.7 Å². The first-order valence-electron chi connectivity index (χ1n) is 11.5. The van der Waals surface area contributed by atoms with Crippen molar-refractivity contribution in [3.8, 4) is 5.75 Å². The SMILES string of the molecule is Cc1cc(C(=O)O)cc(C)c1C=CS(=O)(=O)N1CCC2(CC1)N=C(c1cccc(OC(F)(F)F)c1)NC2=O. The summed E-state index contributed by atoms with van der Waals surface area (Å²) < 4.78 is 68.8. The van der Waals surface area contributed by atoms with Crippen molar-refractivity contribution in [1.82, 2.24) is 9.62 Å². The Hall–Kier alpha value is -3.71. The number of aliphatic imine (C=N–C) groups is 1. The monoisotopic (exact) mass is 551 g/mol. The van der Waals surface area contributed by atoms with Crippen LogP contribution in [0.4, 0.5) is 13.2 Å². The van der Waals surface area contributed by atoms with E-state index in [4.69, 9.17) is 0 Å². The Bertz CT molecular complexity index is 1440. The van der Waals surface area contributed by atoms with Gasteiger partial charge in [0.2, 0.25) is 10.0 Å². The van der Waals surface area contributed by atoms with Crippen molar-refractivity contribution in [2.75, 3.05) is 13.1 Å². The van der Waals surface area contributed by atoms with Crippen molar-refractivity contribution in [1.29, 1.82) is 0 Å². The Balaban J connectivity index is 1.48. The van der Waals surface area contributed by atoms with Crippen molar-refractivity contribution < 1.29 is 41.0 Å². The second-order valence-corrected chi connectivity index (χ2v) is 10.9. The molecular weight excluding hydrogens is 527 g/mol. The molecule has 13 heteroatoms. The number of piperidine rings is 1. The van der Waals surface area contributed by atoms with Crippen molar-refractivity contribution in [2.45, 2.75) is 38.6 Å². The van der Waals surface area contributed by atoms with Crippen LogP contribution in [0.2, 0.25) is 0 Å². The molecular formula is C25H24F3N3O6S. The maximum absolute atomic E-state index is 13.0. The minimum atomic E-state index is -4.87. The summed E-state index contributed by atoms with van der Waals surface area (Å²) in [5.74, 6) is -1.89. The predicted molar refractivity (Wildman–Crippen MR) is 132 cm³/mol. The van der Waals surface area contributed by atoms with Crippen molar-refractivity contribution in [3.05, 3.63) is 69.6 Å². The van der Waals surface area contributed by atoms with E-state index in [-0.39, 0.29) is 42.9 Å². The average molecular weight is 552 g/mol. The first kappa shape index (κ1) is 27.3. The topological polar surface area (TPSA) is 125 Å². The first-order valence-corrected chi connectivity index (χ1v) is 13.0. The standard InChI is InChI=1S/C25H24F3N3O6S/c1-15-12-18(22(32)33)13-16(2)20(15)6-11-38(35,36)31-9-7-24(8-10-31)23(34)29-21(30-24)17-4-3-5-19(14-17)37-25(26,27)28/h3-6,11-14H,7-10H2,1-2H3,(H,32,33)(H,29,30,34). The van der Waals surface area contributed by atoms with Gasteiger partial charge < -0.3 is 15.2 Å². The summed E-state index contributed by atoms with van der Waals surface area (Å²) in [6, 6.07) is 8.00. The summed E-state index contributed by atoms with van der Waals surface area (Å²) in [7, 11) is -3.86. The molecule has 2 aromatic carbocycles. The molecule has 9 nitrogen and oxygen atoms in total. The number of carbonyl (C=O) groups is 2. The number of rotatable bonds is 6. The molecule has 0 radical (unpaired) electrons. The normalized spacial score (nSPS) is 18.0. The Kier molecular flexibility index (Phi) is 7.10. The number of ether oxygens (including phenoxy) is 1. The van der Waals surface area contributed by atoms with Gasteiger partial charge in [0.05, 0.1) is 5.56 Å². The molecule has 0 unspecified atom stereocenters. The number of carboxylic acid groups (broad SMARTS) is 1. The number of sulfonamides is 1. The summed E-state index contributed by atoms with van der Waals surface area (Å²) in [5, 5.41) is 12.8. The molecule has 1 saturated heterocycles. The molecule has 38 heavy (non-hydrogen) atoms. The predicted octanol–water partition coefficient (Wildman–Crippen LogP) is 3.61. The first-order chi connectivity index (χ1) is 17.7.